The normalized spacial score (nSPS) is 57.7. The van der Waals surface area contributed by atoms with Crippen LogP contribution in [0, 0.1) is 46.3 Å². The molecule has 9 aliphatic rings. The van der Waals surface area contributed by atoms with Gasteiger partial charge in [0.15, 0.2) is 24.7 Å². The minimum absolute atomic E-state index is 0.00194. The maximum Gasteiger partial charge on any atom is 0.187 e. The highest BCUT2D eigenvalue weighted by Gasteiger charge is 2.69. The van der Waals surface area contributed by atoms with E-state index in [1.807, 2.05) is 0 Å². The van der Waals surface area contributed by atoms with Crippen molar-refractivity contribution in [3.05, 3.63) is 11.6 Å². The molecule has 0 aromatic heterocycles. The quantitative estimate of drug-likeness (QED) is 0.158. The van der Waals surface area contributed by atoms with Crippen LogP contribution in [0.5, 0.6) is 0 Å². The molecule has 9 rings (SSSR count). The van der Waals surface area contributed by atoms with Gasteiger partial charge in [0.25, 0.3) is 0 Å². The van der Waals surface area contributed by atoms with Gasteiger partial charge in [-0.2, -0.15) is 0 Å². The number of aliphatic hydroxyl groups is 8. The molecule has 1 spiro atoms. The average Bonchev–Trinajstić information content (AvgIpc) is 3.79. The van der Waals surface area contributed by atoms with Gasteiger partial charge in [-0.15, -0.1) is 0 Å². The summed E-state index contributed by atoms with van der Waals surface area (Å²) in [7, 11) is 0. The molecule has 8 N–H and O–H groups in total. The zero-order chi connectivity index (χ0) is 42.6. The molecular formula is C44H70O16. The fraction of sp³-hybridized carbons (Fsp3) is 0.955. The highest BCUT2D eigenvalue weighted by atomic mass is 16.8. The van der Waals surface area contributed by atoms with E-state index in [0.717, 1.165) is 45.1 Å². The highest BCUT2D eigenvalue weighted by molar-refractivity contribution is 5.26. The molecular weight excluding hydrogens is 784 g/mol. The largest absolute Gasteiger partial charge is 0.394 e. The predicted octanol–water partition coefficient (Wildman–Crippen LogP) is 0.853. The summed E-state index contributed by atoms with van der Waals surface area (Å²) >= 11 is 0. The third kappa shape index (κ3) is 7.10. The van der Waals surface area contributed by atoms with E-state index in [1.165, 1.54) is 18.9 Å². The predicted molar refractivity (Wildman–Crippen MR) is 208 cm³/mol. The topological polar surface area (TPSA) is 236 Å². The Hall–Kier alpha value is -0.900. The van der Waals surface area contributed by atoms with Gasteiger partial charge in [-0.05, 0) is 98.7 Å². The van der Waals surface area contributed by atoms with Crippen LogP contribution in [0.15, 0.2) is 11.6 Å². The van der Waals surface area contributed by atoms with E-state index in [4.69, 9.17) is 37.9 Å². The summed E-state index contributed by atoms with van der Waals surface area (Å²) in [5, 5.41) is 85.0. The lowest BCUT2D eigenvalue weighted by atomic mass is 9.47. The molecule has 5 aliphatic heterocycles. The molecule has 0 bridgehead atoms. The Bertz CT molecular complexity index is 1560. The number of ether oxygens (including phenoxy) is 8. The van der Waals surface area contributed by atoms with Crippen LogP contribution in [0.4, 0.5) is 0 Å². The van der Waals surface area contributed by atoms with Crippen LogP contribution in [0.2, 0.25) is 0 Å². The Morgan fingerprint density at radius 3 is 2.08 bits per heavy atom. The summed E-state index contributed by atoms with van der Waals surface area (Å²) in [6, 6.07) is 0. The van der Waals surface area contributed by atoms with Crippen molar-refractivity contribution in [3.8, 4) is 0 Å². The van der Waals surface area contributed by atoms with Crippen LogP contribution in [0.1, 0.15) is 92.4 Å². The second kappa shape index (κ2) is 16.5. The zero-order valence-electron chi connectivity index (χ0n) is 35.6. The van der Waals surface area contributed by atoms with Crippen molar-refractivity contribution in [2.24, 2.45) is 46.3 Å². The number of fused-ring (bicyclic) bond motifs is 7. The number of aliphatic hydroxyl groups excluding tert-OH is 8. The van der Waals surface area contributed by atoms with Crippen molar-refractivity contribution >= 4 is 0 Å². The standard InChI is InChI=1S/C44H70O16/c1-19-8-13-44(53-18-19)20(2)30-27(60-44)15-26-24-7-6-22-14-23(9-11-42(22,4)25(24)10-12-43(26,30)5)55-41-36(52)38(59-39-35(51)33(49)31(47)21(3)54-39)37(29(17-46)57-41)58-40-34(50)32(48)28(16-45)56-40/h6,19-21,23-41,45-52H,7-18H2,1-5H3. The summed E-state index contributed by atoms with van der Waals surface area (Å²) in [6.45, 7) is 10.6. The molecule has 3 saturated carbocycles. The number of hydrogen-bond acceptors (Lipinski definition) is 16. The lowest BCUT2D eigenvalue weighted by Crippen LogP contribution is -2.65. The Balaban J connectivity index is 0.901. The van der Waals surface area contributed by atoms with Gasteiger partial charge in [-0.25, -0.2) is 0 Å². The maximum atomic E-state index is 12.0. The third-order valence-electron chi connectivity index (χ3n) is 17.3. The first-order valence-corrected chi connectivity index (χ1v) is 22.8. The van der Waals surface area contributed by atoms with Gasteiger partial charge in [-0.1, -0.05) is 39.3 Å². The monoisotopic (exact) mass is 854 g/mol. The lowest BCUT2D eigenvalue weighted by molar-refractivity contribution is -0.376. The van der Waals surface area contributed by atoms with Crippen molar-refractivity contribution < 1.29 is 78.7 Å². The molecule has 5 heterocycles. The van der Waals surface area contributed by atoms with Gasteiger partial charge < -0.3 is 78.7 Å². The van der Waals surface area contributed by atoms with Gasteiger partial charge in [0.05, 0.1) is 38.1 Å². The van der Waals surface area contributed by atoms with E-state index in [9.17, 15) is 40.9 Å². The number of hydrogen-bond donors (Lipinski definition) is 8. The van der Waals surface area contributed by atoms with E-state index in [2.05, 4.69) is 33.8 Å². The third-order valence-corrected chi connectivity index (χ3v) is 17.3. The van der Waals surface area contributed by atoms with E-state index < -0.39 is 105 Å². The van der Waals surface area contributed by atoms with Crippen molar-refractivity contribution in [1.29, 1.82) is 0 Å². The molecule has 60 heavy (non-hydrogen) atoms. The molecule has 0 radical (unpaired) electrons. The van der Waals surface area contributed by atoms with E-state index in [-0.39, 0.29) is 23.0 Å². The minimum atomic E-state index is -1.73. The highest BCUT2D eigenvalue weighted by Crippen LogP contribution is 2.70. The summed E-state index contributed by atoms with van der Waals surface area (Å²) < 4.78 is 49.7. The maximum absolute atomic E-state index is 12.0. The minimum Gasteiger partial charge on any atom is -0.394 e. The van der Waals surface area contributed by atoms with Crippen molar-refractivity contribution in [2.45, 2.75) is 196 Å². The first-order chi connectivity index (χ1) is 28.5. The second-order valence-corrected chi connectivity index (χ2v) is 20.6. The van der Waals surface area contributed by atoms with Crippen LogP contribution in [0.25, 0.3) is 0 Å². The Morgan fingerprint density at radius 1 is 0.700 bits per heavy atom. The molecule has 8 fully saturated rings. The summed E-state index contributed by atoms with van der Waals surface area (Å²) in [5.74, 6) is 2.69. The molecule has 5 saturated heterocycles. The van der Waals surface area contributed by atoms with E-state index in [0.29, 0.717) is 48.3 Å². The lowest BCUT2D eigenvalue weighted by Gasteiger charge is -2.58. The molecule has 25 unspecified atom stereocenters. The fourth-order valence-corrected chi connectivity index (χ4v) is 13.8. The Labute approximate surface area is 352 Å². The Morgan fingerprint density at radius 2 is 1.38 bits per heavy atom. The molecule has 25 atom stereocenters. The van der Waals surface area contributed by atoms with Crippen molar-refractivity contribution in [1.82, 2.24) is 0 Å². The number of allylic oxidation sites excluding steroid dienone is 1. The van der Waals surface area contributed by atoms with E-state index >= 15 is 0 Å². The molecule has 16 heteroatoms. The SMILES string of the molecule is CC1CCC2(OC1)OC1CC3C4CC=C5CC(OC6OC(CO)C(OC7OC(CO)C(O)C7O)C(OC7OC(C)C(O)C(O)C7O)C6O)CCC5(C)C4CCC3(C)C1C2C. The van der Waals surface area contributed by atoms with Crippen LogP contribution in [-0.4, -0.2) is 165 Å². The van der Waals surface area contributed by atoms with Gasteiger partial charge >= 0.3 is 0 Å². The molecule has 0 aromatic carbocycles. The van der Waals surface area contributed by atoms with Crippen molar-refractivity contribution in [3.63, 3.8) is 0 Å². The molecule has 16 nitrogen and oxygen atoms in total. The Kier molecular flexibility index (Phi) is 12.2. The van der Waals surface area contributed by atoms with Crippen LogP contribution in [-0.2, 0) is 37.9 Å². The van der Waals surface area contributed by atoms with Gasteiger partial charge in [-0.3, -0.25) is 0 Å². The molecule has 4 aliphatic carbocycles. The smallest absolute Gasteiger partial charge is 0.187 e. The van der Waals surface area contributed by atoms with Crippen LogP contribution < -0.4 is 0 Å². The zero-order valence-corrected chi connectivity index (χ0v) is 35.6. The average molecular weight is 855 g/mol. The summed E-state index contributed by atoms with van der Waals surface area (Å²) in [5.41, 5.74) is 1.56. The fourth-order valence-electron chi connectivity index (χ4n) is 13.8. The summed E-state index contributed by atoms with van der Waals surface area (Å²) in [4.78, 5) is 0. The first kappa shape index (κ1) is 44.3. The van der Waals surface area contributed by atoms with Gasteiger partial charge in [0.1, 0.15) is 61.0 Å². The second-order valence-electron chi connectivity index (χ2n) is 20.6. The first-order valence-electron chi connectivity index (χ1n) is 22.8. The van der Waals surface area contributed by atoms with E-state index in [1.54, 1.807) is 0 Å². The number of rotatable bonds is 8. The van der Waals surface area contributed by atoms with Crippen LogP contribution >= 0.6 is 0 Å². The summed E-state index contributed by atoms with van der Waals surface area (Å²) in [6.07, 6.45) is -8.89. The molecule has 342 valence electrons. The van der Waals surface area contributed by atoms with Crippen molar-refractivity contribution in [2.75, 3.05) is 19.8 Å². The van der Waals surface area contributed by atoms with Crippen LogP contribution in [0.3, 0.4) is 0 Å². The van der Waals surface area contributed by atoms with Gasteiger partial charge in [0.2, 0.25) is 0 Å². The van der Waals surface area contributed by atoms with Gasteiger partial charge in [0, 0.05) is 12.3 Å². The molecule has 0 amide bonds. The molecule has 0 aromatic rings.